The summed E-state index contributed by atoms with van der Waals surface area (Å²) < 4.78 is 46.5. The lowest BCUT2D eigenvalue weighted by molar-refractivity contribution is 0.0527. The Morgan fingerprint density at radius 1 is 1.00 bits per heavy atom. The zero-order chi connectivity index (χ0) is 22.2. The highest BCUT2D eigenvalue weighted by atomic mass is 32.2. The highest BCUT2D eigenvalue weighted by Gasteiger charge is 2.34. The summed E-state index contributed by atoms with van der Waals surface area (Å²) in [5.41, 5.74) is 4.06. The molecule has 0 aliphatic carbocycles. The van der Waals surface area contributed by atoms with Gasteiger partial charge in [-0.25, -0.2) is 17.6 Å². The summed E-state index contributed by atoms with van der Waals surface area (Å²) in [5.74, 6) is -0.887. The van der Waals surface area contributed by atoms with E-state index in [0.717, 1.165) is 16.7 Å². The van der Waals surface area contributed by atoms with Gasteiger partial charge < -0.3 is 4.74 Å². The van der Waals surface area contributed by atoms with Crippen LogP contribution < -0.4 is 0 Å². The number of carbonyl (C=O) groups excluding carboxylic acids is 1. The van der Waals surface area contributed by atoms with Gasteiger partial charge in [-0.1, -0.05) is 35.9 Å². The molecule has 0 bridgehead atoms. The third-order valence-corrected chi connectivity index (χ3v) is 7.18. The Morgan fingerprint density at radius 3 is 2.32 bits per heavy atom. The predicted octanol–water partition coefficient (Wildman–Crippen LogP) is 4.68. The minimum Gasteiger partial charge on any atom is -0.462 e. The zero-order valence-corrected chi connectivity index (χ0v) is 18.1. The van der Waals surface area contributed by atoms with E-state index in [9.17, 15) is 17.6 Å². The molecule has 0 spiro atoms. The fraction of sp³-hybridized carbons (Fsp3) is 0.208. The van der Waals surface area contributed by atoms with Gasteiger partial charge >= 0.3 is 5.97 Å². The first-order valence-corrected chi connectivity index (χ1v) is 11.4. The molecule has 0 N–H and O–H groups in total. The van der Waals surface area contributed by atoms with Crippen LogP contribution >= 0.6 is 0 Å². The quantitative estimate of drug-likeness (QED) is 0.542. The number of esters is 1. The first kappa shape index (κ1) is 21.2. The topological polar surface area (TPSA) is 63.7 Å². The lowest BCUT2D eigenvalue weighted by atomic mass is 9.92. The number of sulfonamides is 1. The van der Waals surface area contributed by atoms with E-state index in [-0.39, 0.29) is 24.6 Å². The van der Waals surface area contributed by atoms with E-state index in [4.69, 9.17) is 4.74 Å². The van der Waals surface area contributed by atoms with Crippen molar-refractivity contribution in [3.8, 4) is 11.1 Å². The van der Waals surface area contributed by atoms with Gasteiger partial charge in [0.2, 0.25) is 10.0 Å². The van der Waals surface area contributed by atoms with Crippen LogP contribution in [0.3, 0.4) is 0 Å². The Bertz CT molecular complexity index is 1240. The summed E-state index contributed by atoms with van der Waals surface area (Å²) in [6, 6.07) is 15.9. The fourth-order valence-electron chi connectivity index (χ4n) is 3.80. The second kappa shape index (κ2) is 8.24. The van der Waals surface area contributed by atoms with E-state index in [0.29, 0.717) is 16.7 Å². The van der Waals surface area contributed by atoms with Crippen molar-refractivity contribution < 1.29 is 22.3 Å². The highest BCUT2D eigenvalue weighted by molar-refractivity contribution is 7.89. The molecular formula is C24H22FNO4S. The smallest absolute Gasteiger partial charge is 0.338 e. The van der Waals surface area contributed by atoms with Crippen LogP contribution in [0.5, 0.6) is 0 Å². The normalized spacial score (nSPS) is 13.8. The second-order valence-electron chi connectivity index (χ2n) is 7.44. The molecule has 0 atom stereocenters. The Hall–Kier alpha value is -3.03. The molecule has 0 saturated carbocycles. The molecule has 160 valence electrons. The van der Waals surface area contributed by atoms with Crippen molar-refractivity contribution in [1.29, 1.82) is 0 Å². The number of hydrogen-bond acceptors (Lipinski definition) is 4. The zero-order valence-electron chi connectivity index (χ0n) is 17.3. The molecule has 0 aromatic heterocycles. The minimum atomic E-state index is -3.71. The van der Waals surface area contributed by atoms with Gasteiger partial charge in [0.15, 0.2) is 0 Å². The SMILES string of the molecule is CCOC(=O)c1ccc2c(c1-c1ccc(F)cc1)CN(S(=O)(=O)c1ccc(C)cc1)C2. The molecule has 3 aromatic rings. The van der Waals surface area contributed by atoms with Crippen molar-refractivity contribution in [2.24, 2.45) is 0 Å². The van der Waals surface area contributed by atoms with Crippen LogP contribution in [0.15, 0.2) is 65.6 Å². The van der Waals surface area contributed by atoms with E-state index < -0.39 is 21.8 Å². The number of carbonyl (C=O) groups is 1. The fourth-order valence-corrected chi connectivity index (χ4v) is 5.18. The van der Waals surface area contributed by atoms with Crippen molar-refractivity contribution in [2.45, 2.75) is 31.8 Å². The van der Waals surface area contributed by atoms with Crippen LogP contribution in [-0.2, 0) is 27.8 Å². The number of nitrogens with zero attached hydrogens (tertiary/aromatic N) is 1. The average molecular weight is 440 g/mol. The monoisotopic (exact) mass is 439 g/mol. The maximum atomic E-state index is 13.5. The number of fused-ring (bicyclic) bond motifs is 1. The molecule has 1 aliphatic heterocycles. The Kier molecular flexibility index (Phi) is 5.64. The average Bonchev–Trinajstić information content (AvgIpc) is 3.19. The lowest BCUT2D eigenvalue weighted by Gasteiger charge is -2.16. The van der Waals surface area contributed by atoms with Crippen LogP contribution in [0.1, 0.15) is 34.0 Å². The van der Waals surface area contributed by atoms with E-state index >= 15 is 0 Å². The van der Waals surface area contributed by atoms with Crippen LogP contribution in [0, 0.1) is 12.7 Å². The van der Waals surface area contributed by atoms with Crippen molar-refractivity contribution >= 4 is 16.0 Å². The molecule has 4 rings (SSSR count). The number of halogens is 1. The molecule has 0 fully saturated rings. The molecule has 1 heterocycles. The molecule has 0 unspecified atom stereocenters. The van der Waals surface area contributed by atoms with Crippen molar-refractivity contribution in [2.75, 3.05) is 6.61 Å². The summed E-state index contributed by atoms with van der Waals surface area (Å²) in [4.78, 5) is 12.8. The molecular weight excluding hydrogens is 417 g/mol. The van der Waals surface area contributed by atoms with Gasteiger partial charge in [0.1, 0.15) is 5.82 Å². The molecule has 7 heteroatoms. The van der Waals surface area contributed by atoms with Crippen LogP contribution in [0.4, 0.5) is 4.39 Å². The van der Waals surface area contributed by atoms with E-state index in [2.05, 4.69) is 0 Å². The van der Waals surface area contributed by atoms with Gasteiger partial charge in [0.25, 0.3) is 0 Å². The molecule has 0 saturated heterocycles. The van der Waals surface area contributed by atoms with Crippen LogP contribution in [-0.4, -0.2) is 25.3 Å². The molecule has 5 nitrogen and oxygen atoms in total. The second-order valence-corrected chi connectivity index (χ2v) is 9.38. The molecule has 1 aliphatic rings. The summed E-state index contributed by atoms with van der Waals surface area (Å²) >= 11 is 0. The Labute approximate surface area is 181 Å². The van der Waals surface area contributed by atoms with Gasteiger partial charge in [-0.3, -0.25) is 0 Å². The van der Waals surface area contributed by atoms with Crippen molar-refractivity contribution in [3.05, 3.63) is 88.7 Å². The molecule has 0 amide bonds. The van der Waals surface area contributed by atoms with E-state index in [1.165, 1.54) is 16.4 Å². The first-order valence-electron chi connectivity index (χ1n) is 9.96. The molecule has 3 aromatic carbocycles. The van der Waals surface area contributed by atoms with Crippen molar-refractivity contribution in [3.63, 3.8) is 0 Å². The lowest BCUT2D eigenvalue weighted by Crippen LogP contribution is -2.25. The number of ether oxygens (including phenoxy) is 1. The Balaban J connectivity index is 1.80. The predicted molar refractivity (Wildman–Crippen MR) is 115 cm³/mol. The number of aryl methyl sites for hydroxylation is 1. The third-order valence-electron chi connectivity index (χ3n) is 5.38. The maximum absolute atomic E-state index is 13.5. The van der Waals surface area contributed by atoms with Crippen molar-refractivity contribution in [1.82, 2.24) is 4.31 Å². The third kappa shape index (κ3) is 3.98. The molecule has 0 radical (unpaired) electrons. The number of rotatable bonds is 5. The molecule has 31 heavy (non-hydrogen) atoms. The van der Waals surface area contributed by atoms with Crippen LogP contribution in [0.2, 0.25) is 0 Å². The van der Waals surface area contributed by atoms with Crippen LogP contribution in [0.25, 0.3) is 11.1 Å². The number of hydrogen-bond donors (Lipinski definition) is 0. The first-order chi connectivity index (χ1) is 14.8. The summed E-state index contributed by atoms with van der Waals surface area (Å²) in [7, 11) is -3.71. The highest BCUT2D eigenvalue weighted by Crippen LogP contribution is 2.38. The van der Waals surface area contributed by atoms with E-state index in [1.54, 1.807) is 55.5 Å². The number of benzene rings is 3. The standard InChI is InChI=1S/C24H22FNO4S/c1-3-30-24(27)21-13-8-18-14-26(31(28,29)20-11-4-16(2)5-12-20)15-22(18)23(21)17-6-9-19(25)10-7-17/h4-13H,3,14-15H2,1-2H3. The van der Waals surface area contributed by atoms with Gasteiger partial charge in [-0.15, -0.1) is 0 Å². The summed E-state index contributed by atoms with van der Waals surface area (Å²) in [6.07, 6.45) is 0. The minimum absolute atomic E-state index is 0.117. The summed E-state index contributed by atoms with van der Waals surface area (Å²) in [6.45, 7) is 4.15. The van der Waals surface area contributed by atoms with E-state index in [1.807, 2.05) is 6.92 Å². The van der Waals surface area contributed by atoms with Gasteiger partial charge in [-0.2, -0.15) is 4.31 Å². The van der Waals surface area contributed by atoms with Gasteiger partial charge in [-0.05, 0) is 60.9 Å². The van der Waals surface area contributed by atoms with Gasteiger partial charge in [0, 0.05) is 18.7 Å². The Morgan fingerprint density at radius 2 is 1.68 bits per heavy atom. The maximum Gasteiger partial charge on any atom is 0.338 e. The van der Waals surface area contributed by atoms with Gasteiger partial charge in [0.05, 0.1) is 17.1 Å². The largest absolute Gasteiger partial charge is 0.462 e. The summed E-state index contributed by atoms with van der Waals surface area (Å²) in [5, 5.41) is 0.